The van der Waals surface area contributed by atoms with E-state index < -0.39 is 5.82 Å². The van der Waals surface area contributed by atoms with Crippen LogP contribution in [0.2, 0.25) is 5.02 Å². The summed E-state index contributed by atoms with van der Waals surface area (Å²) >= 11 is 6.14. The van der Waals surface area contributed by atoms with E-state index in [-0.39, 0.29) is 0 Å². The number of hydrogen-bond donors (Lipinski definition) is 1. The summed E-state index contributed by atoms with van der Waals surface area (Å²) in [5.74, 6) is 0.0644. The number of aldehydes is 1. The van der Waals surface area contributed by atoms with Crippen molar-refractivity contribution in [2.24, 2.45) is 0 Å². The summed E-state index contributed by atoms with van der Waals surface area (Å²) in [4.78, 5) is 14.6. The Hall–Kier alpha value is -2.33. The first-order valence-corrected chi connectivity index (χ1v) is 6.62. The SMILES string of the molecule is COc1ccc(F)cc1-c1[nH]c2c(Cl)cccc2c1C=O. The molecule has 21 heavy (non-hydrogen) atoms. The predicted octanol–water partition coefficient (Wildman–Crippen LogP) is 4.45. The number of methoxy groups -OCH3 is 1. The molecule has 5 heteroatoms. The zero-order valence-corrected chi connectivity index (χ0v) is 11.9. The zero-order valence-electron chi connectivity index (χ0n) is 11.1. The van der Waals surface area contributed by atoms with Gasteiger partial charge in [-0.25, -0.2) is 4.39 Å². The molecular weight excluding hydrogens is 293 g/mol. The molecule has 0 bridgehead atoms. The summed E-state index contributed by atoms with van der Waals surface area (Å²) in [5.41, 5.74) is 2.04. The van der Waals surface area contributed by atoms with E-state index in [2.05, 4.69) is 4.98 Å². The molecule has 3 aromatic rings. The van der Waals surface area contributed by atoms with E-state index in [1.807, 2.05) is 0 Å². The molecule has 0 saturated heterocycles. The average molecular weight is 304 g/mol. The van der Waals surface area contributed by atoms with Gasteiger partial charge in [-0.15, -0.1) is 0 Å². The van der Waals surface area contributed by atoms with E-state index in [1.54, 1.807) is 18.2 Å². The van der Waals surface area contributed by atoms with Crippen molar-refractivity contribution in [1.82, 2.24) is 4.98 Å². The number of para-hydroxylation sites is 1. The molecule has 0 aliphatic rings. The molecule has 0 spiro atoms. The number of rotatable bonds is 3. The van der Waals surface area contributed by atoms with Crippen molar-refractivity contribution in [3.63, 3.8) is 0 Å². The number of fused-ring (bicyclic) bond motifs is 1. The molecular formula is C16H11ClFNO2. The number of ether oxygens (including phenoxy) is 1. The minimum absolute atomic E-state index is 0.410. The number of benzene rings is 2. The molecule has 0 amide bonds. The van der Waals surface area contributed by atoms with E-state index >= 15 is 0 Å². The van der Waals surface area contributed by atoms with Gasteiger partial charge in [0.2, 0.25) is 0 Å². The highest BCUT2D eigenvalue weighted by Crippen LogP contribution is 2.37. The number of nitrogens with one attached hydrogen (secondary N) is 1. The van der Waals surface area contributed by atoms with Crippen molar-refractivity contribution < 1.29 is 13.9 Å². The van der Waals surface area contributed by atoms with Crippen LogP contribution in [0.15, 0.2) is 36.4 Å². The molecule has 106 valence electrons. The Morgan fingerprint density at radius 1 is 1.29 bits per heavy atom. The Bertz CT molecular complexity index is 842. The summed E-state index contributed by atoms with van der Waals surface area (Å²) in [6, 6.07) is 9.42. The number of carbonyl (C=O) groups excluding carboxylic acids is 1. The van der Waals surface area contributed by atoms with Crippen molar-refractivity contribution in [1.29, 1.82) is 0 Å². The van der Waals surface area contributed by atoms with Gasteiger partial charge in [0.15, 0.2) is 6.29 Å². The smallest absolute Gasteiger partial charge is 0.152 e. The molecule has 0 radical (unpaired) electrons. The molecule has 1 heterocycles. The third-order valence-electron chi connectivity index (χ3n) is 3.37. The van der Waals surface area contributed by atoms with Crippen molar-refractivity contribution in [2.75, 3.05) is 7.11 Å². The van der Waals surface area contributed by atoms with Crippen molar-refractivity contribution in [3.8, 4) is 17.0 Å². The van der Waals surface area contributed by atoms with Crippen LogP contribution in [-0.4, -0.2) is 18.4 Å². The summed E-state index contributed by atoms with van der Waals surface area (Å²) in [6.07, 6.45) is 0.731. The van der Waals surface area contributed by atoms with Crippen LogP contribution in [0, 0.1) is 5.82 Å². The van der Waals surface area contributed by atoms with Gasteiger partial charge in [-0.3, -0.25) is 4.79 Å². The first-order chi connectivity index (χ1) is 10.2. The van der Waals surface area contributed by atoms with Gasteiger partial charge in [0.05, 0.1) is 23.3 Å². The lowest BCUT2D eigenvalue weighted by molar-refractivity contribution is 0.112. The van der Waals surface area contributed by atoms with Gasteiger partial charge >= 0.3 is 0 Å². The second-order valence-electron chi connectivity index (χ2n) is 4.54. The maximum Gasteiger partial charge on any atom is 0.152 e. The Morgan fingerprint density at radius 3 is 2.81 bits per heavy atom. The van der Waals surface area contributed by atoms with Gasteiger partial charge in [-0.2, -0.15) is 0 Å². The van der Waals surface area contributed by atoms with Crippen LogP contribution in [0.1, 0.15) is 10.4 Å². The highest BCUT2D eigenvalue weighted by atomic mass is 35.5. The van der Waals surface area contributed by atoms with Gasteiger partial charge in [0.25, 0.3) is 0 Å². The maximum absolute atomic E-state index is 13.6. The fourth-order valence-corrected chi connectivity index (χ4v) is 2.63. The monoisotopic (exact) mass is 303 g/mol. The molecule has 3 rings (SSSR count). The van der Waals surface area contributed by atoms with Crippen LogP contribution < -0.4 is 4.74 Å². The molecule has 0 aliphatic heterocycles. The highest BCUT2D eigenvalue weighted by Gasteiger charge is 2.17. The van der Waals surface area contributed by atoms with Gasteiger partial charge in [0, 0.05) is 16.5 Å². The first kappa shape index (κ1) is 13.6. The Morgan fingerprint density at radius 2 is 2.10 bits per heavy atom. The van der Waals surface area contributed by atoms with Gasteiger partial charge in [0.1, 0.15) is 11.6 Å². The van der Waals surface area contributed by atoms with Crippen LogP contribution in [0.4, 0.5) is 4.39 Å². The van der Waals surface area contributed by atoms with Crippen LogP contribution >= 0.6 is 11.6 Å². The number of halogens is 2. The van der Waals surface area contributed by atoms with Gasteiger partial charge in [-0.1, -0.05) is 23.7 Å². The lowest BCUT2D eigenvalue weighted by atomic mass is 10.1. The van der Waals surface area contributed by atoms with E-state index in [9.17, 15) is 9.18 Å². The lowest BCUT2D eigenvalue weighted by Crippen LogP contribution is -1.92. The minimum atomic E-state index is -0.410. The van der Waals surface area contributed by atoms with Crippen LogP contribution in [0.5, 0.6) is 5.75 Å². The fraction of sp³-hybridized carbons (Fsp3) is 0.0625. The van der Waals surface area contributed by atoms with Crippen LogP contribution in [0.3, 0.4) is 0 Å². The second-order valence-corrected chi connectivity index (χ2v) is 4.95. The number of hydrogen-bond acceptors (Lipinski definition) is 2. The Balaban J connectivity index is 2.37. The lowest BCUT2D eigenvalue weighted by Gasteiger charge is -2.07. The third kappa shape index (κ3) is 2.17. The molecule has 0 unspecified atom stereocenters. The molecule has 2 aromatic carbocycles. The number of aromatic nitrogens is 1. The summed E-state index contributed by atoms with van der Waals surface area (Å²) in [7, 11) is 1.49. The molecule has 0 aliphatic carbocycles. The molecule has 0 atom stereocenters. The summed E-state index contributed by atoms with van der Waals surface area (Å²) < 4.78 is 18.8. The molecule has 0 saturated carbocycles. The normalized spacial score (nSPS) is 10.8. The van der Waals surface area contributed by atoms with Crippen molar-refractivity contribution in [2.45, 2.75) is 0 Å². The maximum atomic E-state index is 13.6. The molecule has 3 nitrogen and oxygen atoms in total. The standard InChI is InChI=1S/C16H11ClFNO2/c1-21-14-6-5-9(18)7-11(14)15-12(8-20)10-3-2-4-13(17)16(10)19-15/h2-8,19H,1H3. The predicted molar refractivity (Wildman–Crippen MR) is 80.6 cm³/mol. The minimum Gasteiger partial charge on any atom is -0.496 e. The largest absolute Gasteiger partial charge is 0.496 e. The number of carbonyl (C=O) groups is 1. The van der Waals surface area contributed by atoms with Crippen molar-refractivity contribution >= 4 is 28.8 Å². The molecule has 0 fully saturated rings. The highest BCUT2D eigenvalue weighted by molar-refractivity contribution is 6.35. The van der Waals surface area contributed by atoms with Gasteiger partial charge in [-0.05, 0) is 24.3 Å². The zero-order chi connectivity index (χ0) is 15.0. The second kappa shape index (κ2) is 5.22. The molecule has 1 N–H and O–H groups in total. The fourth-order valence-electron chi connectivity index (χ4n) is 2.41. The van der Waals surface area contributed by atoms with E-state index in [0.717, 1.165) is 6.29 Å². The quantitative estimate of drug-likeness (QED) is 0.726. The van der Waals surface area contributed by atoms with Crippen molar-refractivity contribution in [3.05, 3.63) is 52.8 Å². The van der Waals surface area contributed by atoms with E-state index in [4.69, 9.17) is 16.3 Å². The first-order valence-electron chi connectivity index (χ1n) is 6.25. The number of aromatic amines is 1. The third-order valence-corrected chi connectivity index (χ3v) is 3.69. The van der Waals surface area contributed by atoms with E-state index in [1.165, 1.54) is 25.3 Å². The summed E-state index contributed by atoms with van der Waals surface area (Å²) in [5, 5.41) is 1.19. The number of H-pyrrole nitrogens is 1. The average Bonchev–Trinajstić information content (AvgIpc) is 2.87. The van der Waals surface area contributed by atoms with E-state index in [0.29, 0.717) is 38.5 Å². The van der Waals surface area contributed by atoms with Gasteiger partial charge < -0.3 is 9.72 Å². The summed E-state index contributed by atoms with van der Waals surface area (Å²) in [6.45, 7) is 0. The van der Waals surface area contributed by atoms with Crippen LogP contribution in [-0.2, 0) is 0 Å². The Labute approximate surface area is 125 Å². The van der Waals surface area contributed by atoms with Crippen LogP contribution in [0.25, 0.3) is 22.2 Å². The topological polar surface area (TPSA) is 42.1 Å². The Kier molecular flexibility index (Phi) is 3.39. The molecule has 1 aromatic heterocycles.